The molecule has 0 aromatic heterocycles. The molecule has 0 saturated heterocycles. The molecule has 0 heterocycles. The van der Waals surface area contributed by atoms with Crippen molar-refractivity contribution in [2.45, 2.75) is 45.4 Å². The van der Waals surface area contributed by atoms with Crippen LogP contribution in [0.1, 0.15) is 56.6 Å². The van der Waals surface area contributed by atoms with Crippen molar-refractivity contribution in [2.24, 2.45) is 0 Å². The predicted octanol–water partition coefficient (Wildman–Crippen LogP) is 6.03. The Morgan fingerprint density at radius 2 is 1.39 bits per heavy atom. The van der Waals surface area contributed by atoms with E-state index >= 15 is 0 Å². The molecule has 0 unspecified atom stereocenters. The molecular formula is C22H24O. The summed E-state index contributed by atoms with van der Waals surface area (Å²) in [7, 11) is 0. The second-order valence-electron chi connectivity index (χ2n) is 6.26. The second-order valence-corrected chi connectivity index (χ2v) is 6.26. The molecule has 0 bridgehead atoms. The van der Waals surface area contributed by atoms with Gasteiger partial charge in [-0.15, -0.1) is 0 Å². The highest BCUT2D eigenvalue weighted by atomic mass is 16.1. The Kier molecular flexibility index (Phi) is 5.07. The van der Waals surface area contributed by atoms with E-state index in [1.165, 1.54) is 47.1 Å². The molecule has 0 saturated carbocycles. The molecule has 1 aliphatic rings. The smallest absolute Gasteiger partial charge is 0.136 e. The zero-order valence-electron chi connectivity index (χ0n) is 13.8. The van der Waals surface area contributed by atoms with Crippen molar-refractivity contribution in [1.82, 2.24) is 0 Å². The van der Waals surface area contributed by atoms with Crippen molar-refractivity contribution < 1.29 is 4.79 Å². The maximum absolute atomic E-state index is 12.1. The standard InChI is InChI=1S/C22H24O/c1-2-3-4-5-10-17(23)15-16-22-20-13-8-6-11-18(20)19-12-7-9-14-21(19)22/h6-9,11-14,16H,2-5,10,15H2,1H3. The van der Waals surface area contributed by atoms with Crippen LogP contribution in [-0.4, -0.2) is 5.78 Å². The molecule has 0 fully saturated rings. The first-order valence-corrected chi connectivity index (χ1v) is 8.72. The van der Waals surface area contributed by atoms with E-state index in [1.54, 1.807) is 0 Å². The van der Waals surface area contributed by atoms with Gasteiger partial charge in [-0.1, -0.05) is 80.8 Å². The van der Waals surface area contributed by atoms with Gasteiger partial charge in [0.15, 0.2) is 0 Å². The predicted molar refractivity (Wildman–Crippen MR) is 97.3 cm³/mol. The van der Waals surface area contributed by atoms with Crippen LogP contribution in [0.4, 0.5) is 0 Å². The van der Waals surface area contributed by atoms with Crippen molar-refractivity contribution in [2.75, 3.05) is 0 Å². The molecule has 0 aliphatic heterocycles. The average Bonchev–Trinajstić information content (AvgIpc) is 2.91. The normalized spacial score (nSPS) is 12.0. The van der Waals surface area contributed by atoms with Crippen molar-refractivity contribution in [3.05, 3.63) is 65.7 Å². The monoisotopic (exact) mass is 304 g/mol. The summed E-state index contributed by atoms with van der Waals surface area (Å²) in [6.45, 7) is 2.20. The third-order valence-electron chi connectivity index (χ3n) is 4.57. The summed E-state index contributed by atoms with van der Waals surface area (Å²) >= 11 is 0. The lowest BCUT2D eigenvalue weighted by Crippen LogP contribution is -1.96. The van der Waals surface area contributed by atoms with Gasteiger partial charge in [-0.25, -0.2) is 0 Å². The van der Waals surface area contributed by atoms with Gasteiger partial charge in [-0.2, -0.15) is 0 Å². The number of Topliss-reactive ketones (excluding diaryl/α,β-unsaturated/α-hetero) is 1. The number of carbonyl (C=O) groups excluding carboxylic acids is 1. The summed E-state index contributed by atoms with van der Waals surface area (Å²) < 4.78 is 0. The molecule has 0 amide bonds. The topological polar surface area (TPSA) is 17.1 Å². The first-order valence-electron chi connectivity index (χ1n) is 8.72. The lowest BCUT2D eigenvalue weighted by Gasteiger charge is -2.03. The van der Waals surface area contributed by atoms with Crippen LogP contribution in [0.5, 0.6) is 0 Å². The van der Waals surface area contributed by atoms with Gasteiger partial charge in [0.1, 0.15) is 5.78 Å². The number of carbonyl (C=O) groups is 1. The highest BCUT2D eigenvalue weighted by Gasteiger charge is 2.22. The Labute approximate surface area is 139 Å². The fourth-order valence-corrected chi connectivity index (χ4v) is 3.34. The number of unbranched alkanes of at least 4 members (excludes halogenated alkanes) is 3. The van der Waals surface area contributed by atoms with E-state index in [1.807, 2.05) is 0 Å². The summed E-state index contributed by atoms with van der Waals surface area (Å²) in [5.41, 5.74) is 6.30. The first kappa shape index (κ1) is 15.7. The van der Waals surface area contributed by atoms with Gasteiger partial charge in [0, 0.05) is 12.8 Å². The van der Waals surface area contributed by atoms with Crippen LogP contribution in [0.15, 0.2) is 54.6 Å². The molecule has 0 spiro atoms. The van der Waals surface area contributed by atoms with Gasteiger partial charge in [0.05, 0.1) is 0 Å². The number of hydrogen-bond donors (Lipinski definition) is 0. The molecular weight excluding hydrogens is 280 g/mol. The van der Waals surface area contributed by atoms with E-state index in [9.17, 15) is 4.79 Å². The summed E-state index contributed by atoms with van der Waals surface area (Å²) in [5.74, 6) is 0.357. The summed E-state index contributed by atoms with van der Waals surface area (Å²) in [6.07, 6.45) is 8.04. The average molecular weight is 304 g/mol. The van der Waals surface area contributed by atoms with Crippen LogP contribution >= 0.6 is 0 Å². The molecule has 2 aromatic rings. The molecule has 2 aromatic carbocycles. The van der Waals surface area contributed by atoms with Gasteiger partial charge < -0.3 is 0 Å². The maximum Gasteiger partial charge on any atom is 0.136 e. The Hall–Kier alpha value is -2.15. The Bertz CT molecular complexity index is 677. The molecule has 0 atom stereocenters. The highest BCUT2D eigenvalue weighted by Crippen LogP contribution is 2.43. The molecule has 118 valence electrons. The van der Waals surface area contributed by atoms with Crippen molar-refractivity contribution in [3.63, 3.8) is 0 Å². The van der Waals surface area contributed by atoms with Crippen LogP contribution in [0.25, 0.3) is 16.7 Å². The van der Waals surface area contributed by atoms with Gasteiger partial charge in [0.2, 0.25) is 0 Å². The second kappa shape index (κ2) is 7.41. The van der Waals surface area contributed by atoms with Crippen LogP contribution in [-0.2, 0) is 4.79 Å². The van der Waals surface area contributed by atoms with Crippen LogP contribution in [0.2, 0.25) is 0 Å². The molecule has 1 aliphatic carbocycles. The molecule has 0 N–H and O–H groups in total. The summed E-state index contributed by atoms with van der Waals surface area (Å²) in [4.78, 5) is 12.1. The van der Waals surface area contributed by atoms with E-state index < -0.39 is 0 Å². The number of allylic oxidation sites excluding steroid dienone is 1. The summed E-state index contributed by atoms with van der Waals surface area (Å²) in [5, 5.41) is 0. The Morgan fingerprint density at radius 3 is 1.96 bits per heavy atom. The van der Waals surface area contributed by atoms with Gasteiger partial charge >= 0.3 is 0 Å². The third-order valence-corrected chi connectivity index (χ3v) is 4.57. The van der Waals surface area contributed by atoms with Crippen LogP contribution in [0, 0.1) is 0 Å². The van der Waals surface area contributed by atoms with E-state index in [0.717, 1.165) is 6.42 Å². The van der Waals surface area contributed by atoms with Gasteiger partial charge in [-0.3, -0.25) is 4.79 Å². The quantitative estimate of drug-likeness (QED) is 0.487. The van der Waals surface area contributed by atoms with Crippen molar-refractivity contribution in [3.8, 4) is 11.1 Å². The number of rotatable bonds is 7. The van der Waals surface area contributed by atoms with E-state index in [0.29, 0.717) is 18.6 Å². The number of ketones is 1. The first-order chi connectivity index (χ1) is 11.3. The zero-order chi connectivity index (χ0) is 16.1. The van der Waals surface area contributed by atoms with E-state index in [-0.39, 0.29) is 0 Å². The van der Waals surface area contributed by atoms with Crippen molar-refractivity contribution in [1.29, 1.82) is 0 Å². The Morgan fingerprint density at radius 1 is 0.826 bits per heavy atom. The van der Waals surface area contributed by atoms with Gasteiger partial charge in [-0.05, 0) is 34.2 Å². The molecule has 3 rings (SSSR count). The lowest BCUT2D eigenvalue weighted by atomic mass is 10.0. The fourth-order valence-electron chi connectivity index (χ4n) is 3.34. The Balaban J connectivity index is 1.76. The molecule has 1 heteroatoms. The molecule has 1 nitrogen and oxygen atoms in total. The largest absolute Gasteiger partial charge is 0.299 e. The zero-order valence-corrected chi connectivity index (χ0v) is 13.8. The molecule has 23 heavy (non-hydrogen) atoms. The van der Waals surface area contributed by atoms with Crippen LogP contribution < -0.4 is 0 Å². The number of benzene rings is 2. The lowest BCUT2D eigenvalue weighted by molar-refractivity contribution is -0.118. The number of hydrogen-bond acceptors (Lipinski definition) is 1. The van der Waals surface area contributed by atoms with E-state index in [4.69, 9.17) is 0 Å². The van der Waals surface area contributed by atoms with Crippen molar-refractivity contribution >= 4 is 11.4 Å². The van der Waals surface area contributed by atoms with E-state index in [2.05, 4.69) is 61.5 Å². The molecule has 0 radical (unpaired) electrons. The fraction of sp³-hybridized carbons (Fsp3) is 0.318. The maximum atomic E-state index is 12.1. The highest BCUT2D eigenvalue weighted by molar-refractivity contribution is 6.01. The summed E-state index contributed by atoms with van der Waals surface area (Å²) in [6, 6.07) is 17.0. The third kappa shape index (κ3) is 3.44. The number of fused-ring (bicyclic) bond motifs is 3. The SMILES string of the molecule is CCCCCCC(=O)CC=C1c2ccccc2-c2ccccc21. The minimum absolute atomic E-state index is 0.357. The minimum atomic E-state index is 0.357. The van der Waals surface area contributed by atoms with Gasteiger partial charge in [0.25, 0.3) is 0 Å². The minimum Gasteiger partial charge on any atom is -0.299 e. The van der Waals surface area contributed by atoms with Crippen LogP contribution in [0.3, 0.4) is 0 Å².